The van der Waals surface area contributed by atoms with Gasteiger partial charge in [-0.25, -0.2) is 0 Å². The van der Waals surface area contributed by atoms with Crippen molar-refractivity contribution >= 4 is 17.9 Å². The Kier molecular flexibility index (Phi) is 20.4. The van der Waals surface area contributed by atoms with E-state index in [9.17, 15) is 14.4 Å². The molecule has 3 aliphatic carbocycles. The third-order valence-electron chi connectivity index (χ3n) is 13.1. The molecule has 51 heavy (non-hydrogen) atoms. The SMILES string of the molecule is CCC1CC(CC)C(C(=O)OC(C)(C)C)C1.CCC1CC(CC)C(C(=O)OC(C)(C)CC)C1.CCC1CC(CC)C(C(=O)OC(C)(CC)CC)C1. The lowest BCUT2D eigenvalue weighted by Crippen LogP contribution is -2.34. The molecule has 0 aromatic rings. The normalized spacial score (nSPS) is 29.4. The molecule has 9 unspecified atom stereocenters. The van der Waals surface area contributed by atoms with Gasteiger partial charge >= 0.3 is 17.9 Å². The van der Waals surface area contributed by atoms with Crippen molar-refractivity contribution in [3.63, 3.8) is 0 Å². The van der Waals surface area contributed by atoms with Crippen molar-refractivity contribution in [2.45, 2.75) is 217 Å². The maximum absolute atomic E-state index is 12.4. The van der Waals surface area contributed by atoms with Crippen LogP contribution in [0.25, 0.3) is 0 Å². The third-order valence-corrected chi connectivity index (χ3v) is 13.1. The molecule has 9 atom stereocenters. The van der Waals surface area contributed by atoms with Gasteiger partial charge in [-0.15, -0.1) is 0 Å². The monoisotopic (exact) mass is 721 g/mol. The van der Waals surface area contributed by atoms with Crippen LogP contribution in [-0.4, -0.2) is 34.7 Å². The summed E-state index contributed by atoms with van der Waals surface area (Å²) in [7, 11) is 0. The molecule has 0 aromatic carbocycles. The van der Waals surface area contributed by atoms with Crippen LogP contribution in [0.1, 0.15) is 200 Å². The van der Waals surface area contributed by atoms with Crippen LogP contribution in [0.4, 0.5) is 0 Å². The van der Waals surface area contributed by atoms with Gasteiger partial charge < -0.3 is 14.2 Å². The Labute approximate surface area is 316 Å². The van der Waals surface area contributed by atoms with E-state index in [0.29, 0.717) is 17.8 Å². The maximum Gasteiger partial charge on any atom is 0.309 e. The zero-order valence-corrected chi connectivity index (χ0v) is 36.3. The van der Waals surface area contributed by atoms with Gasteiger partial charge in [-0.3, -0.25) is 14.4 Å². The molecule has 0 aromatic heterocycles. The van der Waals surface area contributed by atoms with Crippen LogP contribution in [0, 0.1) is 53.3 Å². The van der Waals surface area contributed by atoms with Gasteiger partial charge in [-0.05, 0) is 135 Å². The first-order valence-electron chi connectivity index (χ1n) is 21.5. The Bertz CT molecular complexity index is 1020. The van der Waals surface area contributed by atoms with Crippen LogP contribution < -0.4 is 0 Å². The lowest BCUT2D eigenvalue weighted by atomic mass is 9.93. The van der Waals surface area contributed by atoms with E-state index in [1.54, 1.807) is 0 Å². The molecule has 0 saturated heterocycles. The van der Waals surface area contributed by atoms with Gasteiger partial charge in [0.1, 0.15) is 16.8 Å². The van der Waals surface area contributed by atoms with Crippen molar-refractivity contribution in [2.75, 3.05) is 0 Å². The molecule has 0 heterocycles. The van der Waals surface area contributed by atoms with E-state index in [1.807, 2.05) is 34.6 Å². The molecule has 300 valence electrons. The topological polar surface area (TPSA) is 78.9 Å². The smallest absolute Gasteiger partial charge is 0.309 e. The summed E-state index contributed by atoms with van der Waals surface area (Å²) in [6, 6.07) is 0. The number of carbonyl (C=O) groups excluding carboxylic acids is 3. The number of esters is 3. The Balaban J connectivity index is 0.000000383. The largest absolute Gasteiger partial charge is 0.460 e. The predicted octanol–water partition coefficient (Wildman–Crippen LogP) is 12.5. The molecule has 3 saturated carbocycles. The fourth-order valence-electron chi connectivity index (χ4n) is 8.45. The van der Waals surface area contributed by atoms with Crippen LogP contribution in [0.5, 0.6) is 0 Å². The highest BCUT2D eigenvalue weighted by molar-refractivity contribution is 5.74. The van der Waals surface area contributed by atoms with Gasteiger partial charge in [-0.1, -0.05) is 101 Å². The van der Waals surface area contributed by atoms with Crippen LogP contribution in [0.3, 0.4) is 0 Å². The first-order chi connectivity index (χ1) is 23.8. The van der Waals surface area contributed by atoms with Crippen LogP contribution >= 0.6 is 0 Å². The molecule has 6 heteroatoms. The first-order valence-corrected chi connectivity index (χ1v) is 21.5. The lowest BCUT2D eigenvalue weighted by Gasteiger charge is -2.29. The summed E-state index contributed by atoms with van der Waals surface area (Å²) in [5, 5.41) is 0. The molecular weight excluding hydrogens is 636 g/mol. The van der Waals surface area contributed by atoms with Gasteiger partial charge in [0, 0.05) is 0 Å². The fraction of sp³-hybridized carbons (Fsp3) is 0.933. The molecule has 0 aliphatic heterocycles. The predicted molar refractivity (Wildman–Crippen MR) is 212 cm³/mol. The van der Waals surface area contributed by atoms with Gasteiger partial charge in [0.2, 0.25) is 0 Å². The van der Waals surface area contributed by atoms with Crippen molar-refractivity contribution in [1.82, 2.24) is 0 Å². The van der Waals surface area contributed by atoms with Crippen LogP contribution in [0.2, 0.25) is 0 Å². The summed E-state index contributed by atoms with van der Waals surface area (Å²) in [4.78, 5) is 36.7. The molecule has 3 fully saturated rings. The standard InChI is InChI=1S/C16H30O2.C15H28O2.C14H26O2/c1-6-12-10-13(7-2)14(11-12)15(17)18-16(5,8-3)9-4;1-6-11-9-12(7-2)13(10-11)14(16)17-15(4,5)8-3;1-6-10-8-11(7-2)12(9-10)13(15)16-14(3,4)5/h12-14H,6-11H2,1-5H3;11-13H,6-10H2,1-5H3;10-12H,6-9H2,1-5H3. The van der Waals surface area contributed by atoms with E-state index in [4.69, 9.17) is 14.2 Å². The number of hydrogen-bond acceptors (Lipinski definition) is 6. The van der Waals surface area contributed by atoms with E-state index >= 15 is 0 Å². The van der Waals surface area contributed by atoms with E-state index in [2.05, 4.69) is 69.2 Å². The molecule has 0 spiro atoms. The zero-order chi connectivity index (χ0) is 39.2. The van der Waals surface area contributed by atoms with E-state index in [-0.39, 0.29) is 52.5 Å². The van der Waals surface area contributed by atoms with E-state index in [0.717, 1.165) is 75.5 Å². The van der Waals surface area contributed by atoms with Crippen molar-refractivity contribution < 1.29 is 28.6 Å². The molecule has 0 bridgehead atoms. The Morgan fingerprint density at radius 3 is 1.00 bits per heavy atom. The average molecular weight is 721 g/mol. The first kappa shape index (κ1) is 47.4. The second-order valence-corrected chi connectivity index (χ2v) is 18.2. The van der Waals surface area contributed by atoms with E-state index < -0.39 is 0 Å². The Morgan fingerprint density at radius 1 is 0.431 bits per heavy atom. The summed E-state index contributed by atoms with van der Waals surface area (Å²) in [6.07, 6.45) is 16.3. The molecule has 3 aliphatic rings. The van der Waals surface area contributed by atoms with Gasteiger partial charge in [-0.2, -0.15) is 0 Å². The maximum atomic E-state index is 12.4. The number of rotatable bonds is 14. The zero-order valence-electron chi connectivity index (χ0n) is 36.3. The molecule has 3 rings (SSSR count). The molecule has 0 amide bonds. The highest BCUT2D eigenvalue weighted by atomic mass is 16.6. The fourth-order valence-corrected chi connectivity index (χ4v) is 8.45. The second kappa shape index (κ2) is 21.9. The molecule has 0 radical (unpaired) electrons. The summed E-state index contributed by atoms with van der Waals surface area (Å²) < 4.78 is 17.0. The Hall–Kier alpha value is -1.59. The molecular formula is C45H84O6. The Morgan fingerprint density at radius 2 is 0.745 bits per heavy atom. The van der Waals surface area contributed by atoms with Crippen molar-refractivity contribution in [3.8, 4) is 0 Å². The van der Waals surface area contributed by atoms with Crippen molar-refractivity contribution in [1.29, 1.82) is 0 Å². The molecule has 6 nitrogen and oxygen atoms in total. The van der Waals surface area contributed by atoms with Gasteiger partial charge in [0.25, 0.3) is 0 Å². The van der Waals surface area contributed by atoms with Gasteiger partial charge in [0.05, 0.1) is 17.8 Å². The summed E-state index contributed by atoms with van der Waals surface area (Å²) in [5.74, 6) is 4.37. The number of hydrogen-bond donors (Lipinski definition) is 0. The highest BCUT2D eigenvalue weighted by Crippen LogP contribution is 2.43. The lowest BCUT2D eigenvalue weighted by molar-refractivity contribution is -0.166. The third kappa shape index (κ3) is 15.4. The second-order valence-electron chi connectivity index (χ2n) is 18.2. The highest BCUT2D eigenvalue weighted by Gasteiger charge is 2.41. The molecule has 0 N–H and O–H groups in total. The summed E-state index contributed by atoms with van der Waals surface area (Å²) in [6.45, 7) is 31.4. The minimum Gasteiger partial charge on any atom is -0.460 e. The van der Waals surface area contributed by atoms with Crippen molar-refractivity contribution in [3.05, 3.63) is 0 Å². The van der Waals surface area contributed by atoms with Gasteiger partial charge in [0.15, 0.2) is 0 Å². The summed E-state index contributed by atoms with van der Waals surface area (Å²) >= 11 is 0. The minimum absolute atomic E-state index is 0.0234. The van der Waals surface area contributed by atoms with Crippen molar-refractivity contribution in [2.24, 2.45) is 53.3 Å². The average Bonchev–Trinajstić information content (AvgIpc) is 3.84. The van der Waals surface area contributed by atoms with Crippen LogP contribution in [-0.2, 0) is 28.6 Å². The van der Waals surface area contributed by atoms with E-state index in [1.165, 1.54) is 38.5 Å². The number of ether oxygens (including phenoxy) is 3. The minimum atomic E-state index is -0.348. The number of carbonyl (C=O) groups is 3. The van der Waals surface area contributed by atoms with Crippen LogP contribution in [0.15, 0.2) is 0 Å². The quantitative estimate of drug-likeness (QED) is 0.131. The summed E-state index contributed by atoms with van der Waals surface area (Å²) in [5.41, 5.74) is -0.918.